The lowest BCUT2D eigenvalue weighted by Crippen LogP contribution is -2.30. The van der Waals surface area contributed by atoms with E-state index in [0.29, 0.717) is 34.7 Å². The van der Waals surface area contributed by atoms with E-state index >= 15 is 0 Å². The van der Waals surface area contributed by atoms with Crippen molar-refractivity contribution in [2.24, 2.45) is 0 Å². The second-order valence-electron chi connectivity index (χ2n) is 8.91. The van der Waals surface area contributed by atoms with Crippen LogP contribution in [0.25, 0.3) is 10.9 Å². The highest BCUT2D eigenvalue weighted by Crippen LogP contribution is 2.32. The van der Waals surface area contributed by atoms with E-state index in [-0.39, 0.29) is 18.0 Å². The van der Waals surface area contributed by atoms with Crippen molar-refractivity contribution in [1.82, 2.24) is 4.57 Å². The van der Waals surface area contributed by atoms with E-state index in [1.807, 2.05) is 43.3 Å². The highest BCUT2D eigenvalue weighted by molar-refractivity contribution is 5.92. The third-order valence-electron chi connectivity index (χ3n) is 6.39. The van der Waals surface area contributed by atoms with Crippen LogP contribution in [0.2, 0.25) is 0 Å². The van der Waals surface area contributed by atoms with Gasteiger partial charge >= 0.3 is 0 Å². The first-order valence-electron chi connectivity index (χ1n) is 12.1. The lowest BCUT2D eigenvalue weighted by molar-refractivity contribution is -0.116. The number of hydrogen-bond acceptors (Lipinski definition) is 4. The van der Waals surface area contributed by atoms with Crippen LogP contribution in [0.3, 0.4) is 0 Å². The Morgan fingerprint density at radius 1 is 0.889 bits per heavy atom. The molecule has 1 aromatic heterocycles. The Kier molecular flexibility index (Phi) is 7.74. The van der Waals surface area contributed by atoms with Gasteiger partial charge in [-0.2, -0.15) is 0 Å². The third-order valence-corrected chi connectivity index (χ3v) is 6.39. The predicted octanol–water partition coefficient (Wildman–Crippen LogP) is 5.31. The molecule has 0 saturated heterocycles. The van der Waals surface area contributed by atoms with Gasteiger partial charge in [0.1, 0.15) is 6.54 Å². The molecule has 0 aliphatic rings. The number of carbonyl (C=O) groups is 1. The number of pyridine rings is 1. The second-order valence-corrected chi connectivity index (χ2v) is 8.91. The number of aryl methyl sites for hydroxylation is 4. The highest BCUT2D eigenvalue weighted by Gasteiger charge is 2.16. The molecule has 0 aliphatic carbocycles. The summed E-state index contributed by atoms with van der Waals surface area (Å²) in [6.45, 7) is 3.98. The summed E-state index contributed by atoms with van der Waals surface area (Å²) in [5, 5.41) is 3.72. The summed E-state index contributed by atoms with van der Waals surface area (Å²) in [5.74, 6) is 0.799. The Hall–Kier alpha value is -4.06. The first-order valence-corrected chi connectivity index (χ1v) is 12.1. The number of ether oxygens (including phenoxy) is 2. The highest BCUT2D eigenvalue weighted by atomic mass is 16.5. The quantitative estimate of drug-likeness (QED) is 0.349. The molecule has 4 rings (SSSR count). The Balaban J connectivity index is 1.71. The van der Waals surface area contributed by atoms with Crippen LogP contribution in [0.4, 0.5) is 5.69 Å². The monoisotopic (exact) mass is 484 g/mol. The van der Waals surface area contributed by atoms with Gasteiger partial charge in [0.25, 0.3) is 5.56 Å². The van der Waals surface area contributed by atoms with Crippen molar-refractivity contribution < 1.29 is 14.3 Å². The number of benzene rings is 3. The zero-order chi connectivity index (χ0) is 25.7. The third kappa shape index (κ3) is 5.60. The number of aromatic nitrogens is 1. The summed E-state index contributed by atoms with van der Waals surface area (Å²) < 4.78 is 12.5. The molecule has 1 heterocycles. The normalized spacial score (nSPS) is 10.9. The molecule has 36 heavy (non-hydrogen) atoms. The summed E-state index contributed by atoms with van der Waals surface area (Å²) in [7, 11) is 3.13. The van der Waals surface area contributed by atoms with E-state index in [0.717, 1.165) is 23.8 Å². The van der Waals surface area contributed by atoms with Crippen molar-refractivity contribution in [3.8, 4) is 11.5 Å². The molecule has 0 radical (unpaired) electrons. The molecule has 0 fully saturated rings. The second kappa shape index (κ2) is 11.1. The summed E-state index contributed by atoms with van der Waals surface area (Å²) in [4.78, 5) is 26.6. The van der Waals surface area contributed by atoms with Gasteiger partial charge in [-0.05, 0) is 67.1 Å². The molecule has 1 N–H and O–H groups in total. The number of carbonyl (C=O) groups excluding carboxylic acids is 1. The summed E-state index contributed by atoms with van der Waals surface area (Å²) in [6.07, 6.45) is 2.28. The molecule has 3 aromatic carbocycles. The lowest BCUT2D eigenvalue weighted by Gasteiger charge is -2.16. The van der Waals surface area contributed by atoms with Crippen LogP contribution in [-0.4, -0.2) is 24.7 Å². The van der Waals surface area contributed by atoms with Gasteiger partial charge in [-0.1, -0.05) is 43.3 Å². The number of hydrogen-bond donors (Lipinski definition) is 1. The van der Waals surface area contributed by atoms with E-state index in [9.17, 15) is 9.59 Å². The topological polar surface area (TPSA) is 69.6 Å². The molecule has 6 nitrogen and oxygen atoms in total. The van der Waals surface area contributed by atoms with Crippen molar-refractivity contribution in [3.63, 3.8) is 0 Å². The van der Waals surface area contributed by atoms with E-state index in [4.69, 9.17) is 9.47 Å². The molecule has 0 saturated carbocycles. The SMILES string of the molecule is CCc1ccc(CCc2cc3cc(OC)c(OC)cc3n(CC(=O)Nc3cccc(C)c3)c2=O)cc1. The van der Waals surface area contributed by atoms with Gasteiger partial charge < -0.3 is 14.8 Å². The van der Waals surface area contributed by atoms with E-state index in [1.54, 1.807) is 20.3 Å². The molecule has 186 valence electrons. The number of rotatable bonds is 9. The zero-order valence-corrected chi connectivity index (χ0v) is 21.3. The fraction of sp³-hybridized carbons (Fsp3) is 0.267. The first kappa shape index (κ1) is 25.0. The van der Waals surface area contributed by atoms with Crippen LogP contribution < -0.4 is 20.3 Å². The molecule has 0 atom stereocenters. The van der Waals surface area contributed by atoms with Gasteiger partial charge in [0.05, 0.1) is 19.7 Å². The molecule has 6 heteroatoms. The molecular formula is C30H32N2O4. The van der Waals surface area contributed by atoms with Crippen LogP contribution >= 0.6 is 0 Å². The molecule has 0 bridgehead atoms. The Bertz CT molecular complexity index is 1440. The molecule has 0 aliphatic heterocycles. The summed E-state index contributed by atoms with van der Waals surface area (Å²) in [5.41, 5.74) is 5.28. The molecule has 0 unspecified atom stereocenters. The molecule has 4 aromatic rings. The minimum absolute atomic E-state index is 0.113. The number of amides is 1. The van der Waals surface area contributed by atoms with Crippen LogP contribution in [0.1, 0.15) is 29.2 Å². The molecular weight excluding hydrogens is 452 g/mol. The fourth-order valence-corrected chi connectivity index (χ4v) is 4.39. The number of fused-ring (bicyclic) bond motifs is 1. The maximum absolute atomic E-state index is 13.6. The predicted molar refractivity (Wildman–Crippen MR) is 144 cm³/mol. The van der Waals surface area contributed by atoms with Gasteiger partial charge in [0.2, 0.25) is 5.91 Å². The lowest BCUT2D eigenvalue weighted by atomic mass is 10.0. The van der Waals surface area contributed by atoms with Crippen LogP contribution in [0, 0.1) is 6.92 Å². The number of anilines is 1. The maximum Gasteiger partial charge on any atom is 0.254 e. The van der Waals surface area contributed by atoms with Crippen molar-refractivity contribution in [3.05, 3.63) is 99.3 Å². The average Bonchev–Trinajstić information content (AvgIpc) is 2.88. The van der Waals surface area contributed by atoms with Crippen LogP contribution in [0.5, 0.6) is 11.5 Å². The van der Waals surface area contributed by atoms with Crippen molar-refractivity contribution >= 4 is 22.5 Å². The van der Waals surface area contributed by atoms with Gasteiger partial charge in [0.15, 0.2) is 11.5 Å². The number of methoxy groups -OCH3 is 2. The Labute approximate surface area is 211 Å². The van der Waals surface area contributed by atoms with Gasteiger partial charge in [0, 0.05) is 22.7 Å². The molecule has 1 amide bonds. The first-order chi connectivity index (χ1) is 17.4. The van der Waals surface area contributed by atoms with Crippen LogP contribution in [-0.2, 0) is 30.6 Å². The van der Waals surface area contributed by atoms with E-state index in [1.165, 1.54) is 15.7 Å². The largest absolute Gasteiger partial charge is 0.493 e. The van der Waals surface area contributed by atoms with Gasteiger partial charge in [-0.25, -0.2) is 0 Å². The smallest absolute Gasteiger partial charge is 0.254 e. The van der Waals surface area contributed by atoms with Crippen molar-refractivity contribution in [1.29, 1.82) is 0 Å². The summed E-state index contributed by atoms with van der Waals surface area (Å²) >= 11 is 0. The average molecular weight is 485 g/mol. The van der Waals surface area contributed by atoms with E-state index < -0.39 is 0 Å². The van der Waals surface area contributed by atoms with E-state index in [2.05, 4.69) is 36.5 Å². The maximum atomic E-state index is 13.6. The Morgan fingerprint density at radius 2 is 1.58 bits per heavy atom. The molecule has 0 spiro atoms. The zero-order valence-electron chi connectivity index (χ0n) is 21.3. The summed E-state index contributed by atoms with van der Waals surface area (Å²) in [6, 6.07) is 21.6. The standard InChI is InChI=1S/C30H32N2O4/c1-5-21-9-11-22(12-10-21)13-14-23-16-24-17-27(35-3)28(36-4)18-26(24)32(30(23)34)19-29(33)31-25-8-6-7-20(2)15-25/h6-12,15-18H,5,13-14,19H2,1-4H3,(H,31,33). The van der Waals surface area contributed by atoms with Crippen molar-refractivity contribution in [2.45, 2.75) is 39.7 Å². The number of nitrogens with one attached hydrogen (secondary N) is 1. The Morgan fingerprint density at radius 3 is 2.25 bits per heavy atom. The van der Waals surface area contributed by atoms with Gasteiger partial charge in [-0.3, -0.25) is 14.2 Å². The van der Waals surface area contributed by atoms with Crippen molar-refractivity contribution in [2.75, 3.05) is 19.5 Å². The van der Waals surface area contributed by atoms with Crippen LogP contribution in [0.15, 0.2) is 71.5 Å². The minimum Gasteiger partial charge on any atom is -0.493 e. The fourth-order valence-electron chi connectivity index (χ4n) is 4.39. The van der Waals surface area contributed by atoms with Gasteiger partial charge in [-0.15, -0.1) is 0 Å². The minimum atomic E-state index is -0.272. The number of nitrogens with zero attached hydrogens (tertiary/aromatic N) is 1.